The number of nitrogens with one attached hydrogen (secondary N) is 1. The Kier molecular flexibility index (Phi) is 4.35. The van der Waals surface area contributed by atoms with Gasteiger partial charge in [0.05, 0.1) is 0 Å². The highest BCUT2D eigenvalue weighted by molar-refractivity contribution is 14.1. The van der Waals surface area contributed by atoms with Crippen LogP contribution in [0.15, 0.2) is 36.4 Å². The molecule has 0 radical (unpaired) electrons. The zero-order valence-electron chi connectivity index (χ0n) is 9.87. The number of hydrogen-bond donors (Lipinski definition) is 2. The summed E-state index contributed by atoms with van der Waals surface area (Å²) in [6.07, 6.45) is 0. The molecule has 2 aromatic carbocycles. The molecule has 0 fully saturated rings. The van der Waals surface area contributed by atoms with Gasteiger partial charge in [-0.25, -0.2) is 0 Å². The topological polar surface area (TPSA) is 32.3 Å². The summed E-state index contributed by atoms with van der Waals surface area (Å²) in [4.78, 5) is 0. The monoisotopic (exact) mass is 373 g/mol. The number of hydrogen-bond acceptors (Lipinski definition) is 2. The van der Waals surface area contributed by atoms with Gasteiger partial charge in [0.15, 0.2) is 0 Å². The molecule has 0 atom stereocenters. The van der Waals surface area contributed by atoms with Crippen LogP contribution in [-0.4, -0.2) is 5.11 Å². The van der Waals surface area contributed by atoms with E-state index < -0.39 is 0 Å². The fraction of sp³-hybridized carbons (Fsp3) is 0.143. The third-order valence-electron chi connectivity index (χ3n) is 2.74. The average Bonchev–Trinajstić information content (AvgIpc) is 2.31. The van der Waals surface area contributed by atoms with Crippen molar-refractivity contribution in [2.24, 2.45) is 0 Å². The normalized spacial score (nSPS) is 10.4. The number of benzene rings is 2. The summed E-state index contributed by atoms with van der Waals surface area (Å²) in [5.74, 6) is 0.221. The Morgan fingerprint density at radius 1 is 1.28 bits per heavy atom. The molecule has 0 aliphatic heterocycles. The Bertz CT molecular complexity index is 551. The van der Waals surface area contributed by atoms with E-state index in [1.54, 1.807) is 18.2 Å². The van der Waals surface area contributed by atoms with Gasteiger partial charge in [0.1, 0.15) is 5.75 Å². The molecule has 4 heteroatoms. The molecule has 0 saturated heterocycles. The Morgan fingerprint density at radius 3 is 2.72 bits per heavy atom. The van der Waals surface area contributed by atoms with Crippen molar-refractivity contribution in [3.05, 3.63) is 56.1 Å². The molecule has 0 saturated carbocycles. The zero-order valence-corrected chi connectivity index (χ0v) is 12.8. The Labute approximate surface area is 125 Å². The van der Waals surface area contributed by atoms with Crippen molar-refractivity contribution in [2.45, 2.75) is 13.5 Å². The van der Waals surface area contributed by atoms with Gasteiger partial charge >= 0.3 is 0 Å². The summed E-state index contributed by atoms with van der Waals surface area (Å²) in [5.41, 5.74) is 2.94. The highest BCUT2D eigenvalue weighted by Gasteiger charge is 2.06. The number of halogens is 2. The minimum atomic E-state index is 0.221. The van der Waals surface area contributed by atoms with Crippen LogP contribution in [0.3, 0.4) is 0 Å². The third-order valence-corrected chi connectivity index (χ3v) is 3.76. The maximum absolute atomic E-state index is 9.76. The maximum Gasteiger partial charge on any atom is 0.122 e. The molecular weight excluding hydrogens is 361 g/mol. The number of aryl methyl sites for hydroxylation is 1. The van der Waals surface area contributed by atoms with Crippen molar-refractivity contribution in [3.8, 4) is 5.75 Å². The first-order valence-corrected chi connectivity index (χ1v) is 7.00. The summed E-state index contributed by atoms with van der Waals surface area (Å²) < 4.78 is 1.20. The summed E-state index contributed by atoms with van der Waals surface area (Å²) in [6, 6.07) is 11.3. The van der Waals surface area contributed by atoms with Crippen LogP contribution in [0.5, 0.6) is 5.75 Å². The fourth-order valence-electron chi connectivity index (χ4n) is 1.73. The first-order chi connectivity index (χ1) is 8.58. The lowest BCUT2D eigenvalue weighted by Crippen LogP contribution is -2.02. The Hall–Kier alpha value is -0.940. The van der Waals surface area contributed by atoms with Crippen LogP contribution in [-0.2, 0) is 6.54 Å². The fourth-order valence-corrected chi connectivity index (χ4v) is 2.61. The van der Waals surface area contributed by atoms with Crippen molar-refractivity contribution in [1.82, 2.24) is 0 Å². The van der Waals surface area contributed by atoms with Crippen LogP contribution in [0, 0.1) is 10.5 Å². The second-order valence-electron chi connectivity index (χ2n) is 4.05. The van der Waals surface area contributed by atoms with Crippen molar-refractivity contribution in [3.63, 3.8) is 0 Å². The largest absolute Gasteiger partial charge is 0.508 e. The lowest BCUT2D eigenvalue weighted by molar-refractivity contribution is 0.469. The van der Waals surface area contributed by atoms with Crippen molar-refractivity contribution in [2.75, 3.05) is 5.32 Å². The van der Waals surface area contributed by atoms with Crippen LogP contribution >= 0.6 is 34.2 Å². The molecule has 2 aromatic rings. The van der Waals surface area contributed by atoms with E-state index in [0.717, 1.165) is 11.3 Å². The first kappa shape index (κ1) is 13.5. The van der Waals surface area contributed by atoms with Crippen LogP contribution < -0.4 is 5.32 Å². The van der Waals surface area contributed by atoms with Gasteiger partial charge in [0, 0.05) is 26.4 Å². The molecule has 0 unspecified atom stereocenters. The summed E-state index contributed by atoms with van der Waals surface area (Å²) in [6.45, 7) is 2.56. The average molecular weight is 374 g/mol. The van der Waals surface area contributed by atoms with Gasteiger partial charge in [-0.15, -0.1) is 0 Å². The number of anilines is 1. The van der Waals surface area contributed by atoms with E-state index in [2.05, 4.69) is 40.9 Å². The molecule has 2 rings (SSSR count). The Balaban J connectivity index is 2.16. The van der Waals surface area contributed by atoms with Crippen LogP contribution in [0.2, 0.25) is 5.02 Å². The lowest BCUT2D eigenvalue weighted by atomic mass is 10.1. The molecule has 0 bridgehead atoms. The number of rotatable bonds is 3. The molecule has 0 spiro atoms. The first-order valence-electron chi connectivity index (χ1n) is 5.54. The second-order valence-corrected chi connectivity index (χ2v) is 5.70. The predicted octanol–water partition coefficient (Wildman–Crippen LogP) is 4.57. The molecule has 0 aliphatic carbocycles. The molecule has 18 heavy (non-hydrogen) atoms. The van der Waals surface area contributed by atoms with E-state index in [9.17, 15) is 5.11 Å². The number of phenols is 1. The zero-order chi connectivity index (χ0) is 13.1. The SMILES string of the molecule is Cc1cc(I)ccc1NCc1c(O)cccc1Cl. The molecule has 0 aliphatic rings. The highest BCUT2D eigenvalue weighted by Crippen LogP contribution is 2.27. The number of phenolic OH excluding ortho intramolecular Hbond substituents is 1. The highest BCUT2D eigenvalue weighted by atomic mass is 127. The van der Waals surface area contributed by atoms with Crippen molar-refractivity contribution >= 4 is 39.9 Å². The summed E-state index contributed by atoms with van der Waals surface area (Å²) >= 11 is 8.34. The summed E-state index contributed by atoms with van der Waals surface area (Å²) in [7, 11) is 0. The molecule has 94 valence electrons. The Morgan fingerprint density at radius 2 is 2.06 bits per heavy atom. The standard InChI is InChI=1S/C14H13ClINO/c1-9-7-10(16)5-6-13(9)17-8-11-12(15)3-2-4-14(11)18/h2-7,17-18H,8H2,1H3. The van der Waals surface area contributed by atoms with Gasteiger partial charge in [0.25, 0.3) is 0 Å². The third kappa shape index (κ3) is 3.09. The van der Waals surface area contributed by atoms with E-state index >= 15 is 0 Å². The van der Waals surface area contributed by atoms with Gasteiger partial charge in [-0.05, 0) is 65.4 Å². The number of aromatic hydroxyl groups is 1. The van der Waals surface area contributed by atoms with Crippen LogP contribution in [0.25, 0.3) is 0 Å². The van der Waals surface area contributed by atoms with E-state index in [-0.39, 0.29) is 5.75 Å². The van der Waals surface area contributed by atoms with Crippen molar-refractivity contribution in [1.29, 1.82) is 0 Å². The molecule has 2 N–H and O–H groups in total. The lowest BCUT2D eigenvalue weighted by Gasteiger charge is -2.12. The molecule has 0 heterocycles. The van der Waals surface area contributed by atoms with E-state index in [1.165, 1.54) is 9.13 Å². The van der Waals surface area contributed by atoms with E-state index in [4.69, 9.17) is 11.6 Å². The second kappa shape index (κ2) is 5.80. The van der Waals surface area contributed by atoms with Gasteiger partial charge < -0.3 is 10.4 Å². The molecule has 0 amide bonds. The van der Waals surface area contributed by atoms with Crippen LogP contribution in [0.1, 0.15) is 11.1 Å². The minimum Gasteiger partial charge on any atom is -0.508 e. The minimum absolute atomic E-state index is 0.221. The van der Waals surface area contributed by atoms with Gasteiger partial charge in [-0.1, -0.05) is 17.7 Å². The smallest absolute Gasteiger partial charge is 0.122 e. The van der Waals surface area contributed by atoms with Crippen molar-refractivity contribution < 1.29 is 5.11 Å². The van der Waals surface area contributed by atoms with Gasteiger partial charge in [-0.2, -0.15) is 0 Å². The summed E-state index contributed by atoms with van der Waals surface area (Å²) in [5, 5.41) is 13.6. The van der Waals surface area contributed by atoms with Gasteiger partial charge in [-0.3, -0.25) is 0 Å². The van der Waals surface area contributed by atoms with Gasteiger partial charge in [0.2, 0.25) is 0 Å². The maximum atomic E-state index is 9.76. The molecule has 0 aromatic heterocycles. The van der Waals surface area contributed by atoms with E-state index in [1.807, 2.05) is 12.1 Å². The van der Waals surface area contributed by atoms with E-state index in [0.29, 0.717) is 11.6 Å². The molecular formula is C14H13ClINO. The predicted molar refractivity (Wildman–Crippen MR) is 84.3 cm³/mol. The quantitative estimate of drug-likeness (QED) is 0.773. The van der Waals surface area contributed by atoms with Crippen LogP contribution in [0.4, 0.5) is 5.69 Å². The molecule has 2 nitrogen and oxygen atoms in total.